The average Bonchev–Trinajstić information content (AvgIpc) is 2.31. The lowest BCUT2D eigenvalue weighted by atomic mass is 10.1. The zero-order valence-corrected chi connectivity index (χ0v) is 10.3. The van der Waals surface area contributed by atoms with Crippen LogP contribution >= 0.6 is 0 Å². The van der Waals surface area contributed by atoms with Gasteiger partial charge in [0.2, 0.25) is 0 Å². The Morgan fingerprint density at radius 3 is 2.94 bits per heavy atom. The van der Waals surface area contributed by atoms with Crippen LogP contribution in [-0.4, -0.2) is 25.7 Å². The Labute approximate surface area is 106 Å². The number of benzene rings is 1. The fourth-order valence-corrected chi connectivity index (χ4v) is 1.31. The second-order valence-corrected chi connectivity index (χ2v) is 3.97. The molecule has 0 spiro atoms. The number of nitrogens with two attached hydrogens (primary N) is 1. The van der Waals surface area contributed by atoms with Crippen molar-refractivity contribution in [2.45, 2.75) is 6.92 Å². The molecule has 5 heteroatoms. The number of amides is 1. The number of hydrogen-bond acceptors (Lipinski definition) is 3. The molecule has 1 aromatic carbocycles. The summed E-state index contributed by atoms with van der Waals surface area (Å²) in [5.74, 6) is -1.01. The minimum atomic E-state index is -0.596. The normalized spacial score (nSPS) is 10.1. The van der Waals surface area contributed by atoms with Crippen LogP contribution in [-0.2, 0) is 4.74 Å². The van der Waals surface area contributed by atoms with E-state index in [1.807, 2.05) is 6.92 Å². The van der Waals surface area contributed by atoms with Crippen LogP contribution in [0.4, 0.5) is 10.1 Å². The predicted molar refractivity (Wildman–Crippen MR) is 68.8 cm³/mol. The Hall–Kier alpha value is -1.88. The number of ether oxygens (including phenoxy) is 1. The molecule has 1 amide bonds. The van der Waals surface area contributed by atoms with Crippen LogP contribution in [0, 0.1) is 5.82 Å². The number of carbonyl (C=O) groups is 1. The van der Waals surface area contributed by atoms with Crippen molar-refractivity contribution in [2.24, 2.45) is 0 Å². The summed E-state index contributed by atoms with van der Waals surface area (Å²) >= 11 is 0. The maximum atomic E-state index is 13.1. The highest BCUT2D eigenvalue weighted by Crippen LogP contribution is 2.15. The summed E-state index contributed by atoms with van der Waals surface area (Å²) in [6, 6.07) is 4.13. The van der Waals surface area contributed by atoms with E-state index in [2.05, 4.69) is 11.9 Å². The molecule has 0 aromatic heterocycles. The van der Waals surface area contributed by atoms with Crippen molar-refractivity contribution < 1.29 is 13.9 Å². The Balaban J connectivity index is 2.41. The van der Waals surface area contributed by atoms with Gasteiger partial charge in [-0.25, -0.2) is 4.39 Å². The van der Waals surface area contributed by atoms with Crippen molar-refractivity contribution in [3.05, 3.63) is 41.7 Å². The molecule has 18 heavy (non-hydrogen) atoms. The molecule has 0 aliphatic carbocycles. The van der Waals surface area contributed by atoms with Gasteiger partial charge < -0.3 is 15.8 Å². The Morgan fingerprint density at radius 1 is 1.56 bits per heavy atom. The van der Waals surface area contributed by atoms with Gasteiger partial charge in [0.1, 0.15) is 5.82 Å². The molecular weight excluding hydrogens is 235 g/mol. The van der Waals surface area contributed by atoms with Crippen molar-refractivity contribution in [1.82, 2.24) is 5.32 Å². The first kappa shape index (κ1) is 14.2. The van der Waals surface area contributed by atoms with Crippen molar-refractivity contribution >= 4 is 11.6 Å². The fourth-order valence-electron chi connectivity index (χ4n) is 1.31. The van der Waals surface area contributed by atoms with E-state index in [4.69, 9.17) is 10.5 Å². The lowest BCUT2D eigenvalue weighted by Gasteiger charge is -2.08. The van der Waals surface area contributed by atoms with Crippen molar-refractivity contribution in [3.63, 3.8) is 0 Å². The number of anilines is 1. The third-order valence-corrected chi connectivity index (χ3v) is 2.18. The Kier molecular flexibility index (Phi) is 5.32. The molecule has 1 aromatic rings. The first-order valence-corrected chi connectivity index (χ1v) is 5.56. The third kappa shape index (κ3) is 4.18. The summed E-state index contributed by atoms with van der Waals surface area (Å²) in [4.78, 5) is 11.7. The van der Waals surface area contributed by atoms with Gasteiger partial charge in [0.05, 0.1) is 24.5 Å². The van der Waals surface area contributed by atoms with Gasteiger partial charge in [-0.15, -0.1) is 0 Å². The Bertz CT molecular complexity index is 447. The smallest absolute Gasteiger partial charge is 0.253 e. The number of carbonyl (C=O) groups excluding carboxylic acids is 1. The third-order valence-electron chi connectivity index (χ3n) is 2.18. The summed E-state index contributed by atoms with van der Waals surface area (Å²) in [5.41, 5.74) is 6.38. The summed E-state index contributed by atoms with van der Waals surface area (Å²) in [6.45, 7) is 6.70. The lowest BCUT2D eigenvalue weighted by Crippen LogP contribution is -2.28. The lowest BCUT2D eigenvalue weighted by molar-refractivity contribution is 0.0927. The fraction of sp³-hybridized carbons (Fsp3) is 0.308. The van der Waals surface area contributed by atoms with Gasteiger partial charge in [0.25, 0.3) is 5.91 Å². The zero-order chi connectivity index (χ0) is 13.5. The van der Waals surface area contributed by atoms with Crippen LogP contribution in [0.3, 0.4) is 0 Å². The topological polar surface area (TPSA) is 64.3 Å². The van der Waals surface area contributed by atoms with E-state index < -0.39 is 11.7 Å². The van der Waals surface area contributed by atoms with Gasteiger partial charge in [0, 0.05) is 6.54 Å². The number of hydrogen-bond donors (Lipinski definition) is 2. The molecule has 0 fully saturated rings. The van der Waals surface area contributed by atoms with Crippen LogP contribution in [0.2, 0.25) is 0 Å². The number of rotatable bonds is 6. The van der Waals surface area contributed by atoms with E-state index in [-0.39, 0.29) is 11.3 Å². The molecule has 0 bridgehead atoms. The monoisotopic (exact) mass is 252 g/mol. The van der Waals surface area contributed by atoms with E-state index in [0.29, 0.717) is 19.8 Å². The second kappa shape index (κ2) is 6.76. The Morgan fingerprint density at radius 2 is 2.28 bits per heavy atom. The summed E-state index contributed by atoms with van der Waals surface area (Å²) in [7, 11) is 0. The molecule has 1 rings (SSSR count). The minimum Gasteiger partial charge on any atom is -0.396 e. The number of nitrogen functional groups attached to an aromatic ring is 1. The second-order valence-electron chi connectivity index (χ2n) is 3.97. The highest BCUT2D eigenvalue weighted by molar-refractivity contribution is 5.99. The van der Waals surface area contributed by atoms with Gasteiger partial charge in [-0.3, -0.25) is 4.79 Å². The van der Waals surface area contributed by atoms with Crippen LogP contribution in [0.1, 0.15) is 17.3 Å². The van der Waals surface area contributed by atoms with E-state index in [1.54, 1.807) is 0 Å². The molecule has 0 saturated heterocycles. The molecule has 0 heterocycles. The van der Waals surface area contributed by atoms with Crippen molar-refractivity contribution in [3.8, 4) is 0 Å². The van der Waals surface area contributed by atoms with Crippen LogP contribution < -0.4 is 11.1 Å². The molecule has 0 radical (unpaired) electrons. The molecule has 0 saturated carbocycles. The highest BCUT2D eigenvalue weighted by atomic mass is 19.1. The van der Waals surface area contributed by atoms with Gasteiger partial charge in [-0.1, -0.05) is 18.2 Å². The minimum absolute atomic E-state index is 0.134. The maximum absolute atomic E-state index is 13.1. The first-order valence-electron chi connectivity index (χ1n) is 5.56. The SMILES string of the molecule is C=C(C)COCCNC(=O)c1cccc(F)c1N. The van der Waals surface area contributed by atoms with Crippen molar-refractivity contribution in [2.75, 3.05) is 25.5 Å². The van der Waals surface area contributed by atoms with Gasteiger partial charge in [-0.2, -0.15) is 0 Å². The van der Waals surface area contributed by atoms with Gasteiger partial charge in [-0.05, 0) is 19.1 Å². The molecular formula is C13H17FN2O2. The average molecular weight is 252 g/mol. The van der Waals surface area contributed by atoms with Crippen molar-refractivity contribution in [1.29, 1.82) is 0 Å². The maximum Gasteiger partial charge on any atom is 0.253 e. The summed E-state index contributed by atoms with van der Waals surface area (Å²) < 4.78 is 18.3. The molecule has 0 aliphatic heterocycles. The van der Waals surface area contributed by atoms with Crippen LogP contribution in [0.5, 0.6) is 0 Å². The predicted octanol–water partition coefficient (Wildman–Crippen LogP) is 1.73. The quantitative estimate of drug-likeness (QED) is 0.460. The van der Waals surface area contributed by atoms with Crippen LogP contribution in [0.25, 0.3) is 0 Å². The molecule has 0 atom stereocenters. The molecule has 98 valence electrons. The number of nitrogens with one attached hydrogen (secondary N) is 1. The van der Waals surface area contributed by atoms with E-state index in [9.17, 15) is 9.18 Å². The zero-order valence-electron chi connectivity index (χ0n) is 10.3. The molecule has 0 aliphatic rings. The highest BCUT2D eigenvalue weighted by Gasteiger charge is 2.11. The van der Waals surface area contributed by atoms with Crippen LogP contribution in [0.15, 0.2) is 30.4 Å². The number of para-hydroxylation sites is 1. The van der Waals surface area contributed by atoms with Gasteiger partial charge in [0.15, 0.2) is 0 Å². The van der Waals surface area contributed by atoms with Gasteiger partial charge >= 0.3 is 0 Å². The summed E-state index contributed by atoms with van der Waals surface area (Å²) in [6.07, 6.45) is 0. The molecule has 0 unspecified atom stereocenters. The molecule has 4 nitrogen and oxygen atoms in total. The molecule has 3 N–H and O–H groups in total. The van der Waals surface area contributed by atoms with E-state index in [0.717, 1.165) is 5.57 Å². The van der Waals surface area contributed by atoms with E-state index in [1.165, 1.54) is 18.2 Å². The largest absolute Gasteiger partial charge is 0.396 e. The summed E-state index contributed by atoms with van der Waals surface area (Å²) in [5, 5.41) is 2.60. The number of halogens is 1. The first-order chi connectivity index (χ1) is 8.52. The van der Waals surface area contributed by atoms with E-state index >= 15 is 0 Å². The standard InChI is InChI=1S/C13H17FN2O2/c1-9(2)8-18-7-6-16-13(17)10-4-3-5-11(14)12(10)15/h3-5H,1,6-8,15H2,2H3,(H,16,17).